The summed E-state index contributed by atoms with van der Waals surface area (Å²) >= 11 is 7.28. The van der Waals surface area contributed by atoms with Crippen molar-refractivity contribution in [3.8, 4) is 22.1 Å². The Balaban J connectivity index is 0.000000913. The molecule has 4 aromatic rings. The standard InChI is InChI=1S/C21H18ClN5OS.C3H8/c1-13-18(29-21(26-13)17-4-2-3-10-23-17)20(28)24-11-9-16-12-25-19(27-16)14-5-7-15(22)8-6-14;1-3-2/h2-8,10,12H,9,11H2,1H3,(H,24,28)(H,25,27);3H2,1-2H3. The Hall–Kier alpha value is -3.03. The van der Waals surface area contributed by atoms with Gasteiger partial charge >= 0.3 is 0 Å². The van der Waals surface area contributed by atoms with Crippen molar-refractivity contribution in [3.63, 3.8) is 0 Å². The number of imidazole rings is 1. The SMILES string of the molecule is CCC.Cc1nc(-c2ccccn2)sc1C(=O)NCCc1cnc(-c2ccc(Cl)cc2)[nH]1. The molecule has 0 fully saturated rings. The van der Waals surface area contributed by atoms with Crippen LogP contribution in [0, 0.1) is 6.92 Å². The first-order valence-electron chi connectivity index (χ1n) is 10.5. The highest BCUT2D eigenvalue weighted by molar-refractivity contribution is 7.17. The molecule has 0 unspecified atom stereocenters. The quantitative estimate of drug-likeness (QED) is 0.367. The van der Waals surface area contributed by atoms with Gasteiger partial charge in [-0.2, -0.15) is 0 Å². The molecule has 0 saturated heterocycles. The van der Waals surface area contributed by atoms with Gasteiger partial charge in [-0.05, 0) is 43.3 Å². The number of H-pyrrole nitrogens is 1. The van der Waals surface area contributed by atoms with E-state index >= 15 is 0 Å². The molecule has 2 N–H and O–H groups in total. The van der Waals surface area contributed by atoms with Crippen LogP contribution in [0.2, 0.25) is 5.02 Å². The maximum Gasteiger partial charge on any atom is 0.263 e. The molecule has 4 rings (SSSR count). The third-order valence-electron chi connectivity index (χ3n) is 4.31. The minimum absolute atomic E-state index is 0.125. The van der Waals surface area contributed by atoms with E-state index < -0.39 is 0 Å². The third kappa shape index (κ3) is 6.24. The fourth-order valence-corrected chi connectivity index (χ4v) is 3.92. The number of benzene rings is 1. The first-order chi connectivity index (χ1) is 15.5. The van der Waals surface area contributed by atoms with Crippen molar-refractivity contribution >= 4 is 28.8 Å². The normalized spacial score (nSPS) is 10.4. The Morgan fingerprint density at radius 3 is 2.56 bits per heavy atom. The lowest BCUT2D eigenvalue weighted by atomic mass is 10.2. The summed E-state index contributed by atoms with van der Waals surface area (Å²) in [4.78, 5) is 29.6. The van der Waals surface area contributed by atoms with Crippen LogP contribution in [0.3, 0.4) is 0 Å². The number of aryl methyl sites for hydroxylation is 1. The summed E-state index contributed by atoms with van der Waals surface area (Å²) in [5.41, 5.74) is 3.39. The fourth-order valence-electron chi connectivity index (χ4n) is 2.84. The Morgan fingerprint density at radius 1 is 1.12 bits per heavy atom. The second-order valence-corrected chi connectivity index (χ2v) is 8.56. The molecular weight excluding hydrogens is 442 g/mol. The summed E-state index contributed by atoms with van der Waals surface area (Å²) in [5.74, 6) is 0.654. The van der Waals surface area contributed by atoms with Gasteiger partial charge in [0.2, 0.25) is 0 Å². The molecule has 6 nitrogen and oxygen atoms in total. The number of rotatable bonds is 6. The molecule has 0 atom stereocenters. The van der Waals surface area contributed by atoms with E-state index in [4.69, 9.17) is 11.6 Å². The fraction of sp³-hybridized carbons (Fsp3) is 0.250. The maximum absolute atomic E-state index is 12.6. The summed E-state index contributed by atoms with van der Waals surface area (Å²) in [6, 6.07) is 13.1. The van der Waals surface area contributed by atoms with Gasteiger partial charge in [0.1, 0.15) is 15.7 Å². The molecule has 0 radical (unpaired) electrons. The molecule has 0 aliphatic rings. The van der Waals surface area contributed by atoms with Crippen molar-refractivity contribution in [1.29, 1.82) is 0 Å². The minimum atomic E-state index is -0.125. The van der Waals surface area contributed by atoms with Crippen LogP contribution >= 0.6 is 22.9 Å². The van der Waals surface area contributed by atoms with E-state index in [-0.39, 0.29) is 5.91 Å². The van der Waals surface area contributed by atoms with Gasteiger partial charge in [-0.3, -0.25) is 9.78 Å². The lowest BCUT2D eigenvalue weighted by Crippen LogP contribution is -2.25. The molecular formula is C24H26ClN5OS. The number of hydrogen-bond donors (Lipinski definition) is 2. The van der Waals surface area contributed by atoms with Crippen molar-refractivity contribution in [2.45, 2.75) is 33.6 Å². The van der Waals surface area contributed by atoms with Crippen molar-refractivity contribution in [1.82, 2.24) is 25.3 Å². The minimum Gasteiger partial charge on any atom is -0.351 e. The zero-order valence-electron chi connectivity index (χ0n) is 18.4. The smallest absolute Gasteiger partial charge is 0.263 e. The average molecular weight is 468 g/mol. The number of pyridine rings is 1. The van der Waals surface area contributed by atoms with Crippen LogP contribution in [0.5, 0.6) is 0 Å². The van der Waals surface area contributed by atoms with Gasteiger partial charge in [0, 0.05) is 41.6 Å². The Morgan fingerprint density at radius 2 is 1.88 bits per heavy atom. The summed E-state index contributed by atoms with van der Waals surface area (Å²) in [7, 11) is 0. The molecule has 0 bridgehead atoms. The van der Waals surface area contributed by atoms with Crippen LogP contribution in [0.4, 0.5) is 0 Å². The molecule has 3 aromatic heterocycles. The van der Waals surface area contributed by atoms with Crippen LogP contribution in [-0.4, -0.2) is 32.4 Å². The molecule has 0 saturated carbocycles. The first-order valence-corrected chi connectivity index (χ1v) is 11.7. The van der Waals surface area contributed by atoms with Gasteiger partial charge in [0.15, 0.2) is 0 Å². The Kier molecular flexibility index (Phi) is 8.53. The largest absolute Gasteiger partial charge is 0.351 e. The van der Waals surface area contributed by atoms with E-state index in [1.54, 1.807) is 12.4 Å². The van der Waals surface area contributed by atoms with E-state index in [0.29, 0.717) is 28.6 Å². The van der Waals surface area contributed by atoms with E-state index in [1.165, 1.54) is 17.8 Å². The van der Waals surface area contributed by atoms with E-state index in [9.17, 15) is 4.79 Å². The number of carbonyl (C=O) groups excluding carboxylic acids is 1. The number of aromatic amines is 1. The topological polar surface area (TPSA) is 83.6 Å². The number of carbonyl (C=O) groups is 1. The molecule has 0 spiro atoms. The van der Waals surface area contributed by atoms with Crippen molar-refractivity contribution in [2.24, 2.45) is 0 Å². The Labute approximate surface area is 197 Å². The van der Waals surface area contributed by atoms with Crippen LogP contribution < -0.4 is 5.32 Å². The highest BCUT2D eigenvalue weighted by Crippen LogP contribution is 2.26. The van der Waals surface area contributed by atoms with E-state index in [1.807, 2.05) is 49.4 Å². The van der Waals surface area contributed by atoms with Gasteiger partial charge in [0.25, 0.3) is 5.91 Å². The van der Waals surface area contributed by atoms with Crippen LogP contribution in [0.25, 0.3) is 22.1 Å². The number of nitrogens with one attached hydrogen (secondary N) is 2. The van der Waals surface area contributed by atoms with Crippen LogP contribution in [0.1, 0.15) is 41.3 Å². The zero-order valence-corrected chi connectivity index (χ0v) is 19.9. The van der Waals surface area contributed by atoms with Crippen LogP contribution in [0.15, 0.2) is 54.9 Å². The molecule has 0 aliphatic heterocycles. The number of hydrogen-bond acceptors (Lipinski definition) is 5. The molecule has 32 heavy (non-hydrogen) atoms. The molecule has 1 aromatic carbocycles. The molecule has 0 aliphatic carbocycles. The molecule has 1 amide bonds. The Bertz CT molecular complexity index is 1140. The molecule has 3 heterocycles. The second-order valence-electron chi connectivity index (χ2n) is 7.13. The van der Waals surface area contributed by atoms with Gasteiger partial charge in [-0.15, -0.1) is 11.3 Å². The predicted octanol–water partition coefficient (Wildman–Crippen LogP) is 5.95. The van der Waals surface area contributed by atoms with Gasteiger partial charge < -0.3 is 10.3 Å². The lowest BCUT2D eigenvalue weighted by molar-refractivity contribution is 0.0957. The number of thiazole rings is 1. The lowest BCUT2D eigenvalue weighted by Gasteiger charge is -2.03. The zero-order chi connectivity index (χ0) is 22.9. The van der Waals surface area contributed by atoms with Crippen LogP contribution in [-0.2, 0) is 6.42 Å². The van der Waals surface area contributed by atoms with Crippen molar-refractivity contribution in [3.05, 3.63) is 76.1 Å². The third-order valence-corrected chi connectivity index (χ3v) is 5.74. The summed E-state index contributed by atoms with van der Waals surface area (Å²) < 4.78 is 0. The number of aromatic nitrogens is 4. The van der Waals surface area contributed by atoms with E-state index in [2.05, 4.69) is 39.1 Å². The highest BCUT2D eigenvalue weighted by atomic mass is 35.5. The predicted molar refractivity (Wildman–Crippen MR) is 131 cm³/mol. The first kappa shape index (κ1) is 23.6. The van der Waals surface area contributed by atoms with Gasteiger partial charge in [-0.1, -0.05) is 37.9 Å². The van der Waals surface area contributed by atoms with E-state index in [0.717, 1.165) is 27.8 Å². The average Bonchev–Trinajstić information content (AvgIpc) is 3.42. The molecule has 8 heteroatoms. The van der Waals surface area contributed by atoms with Gasteiger partial charge in [0.05, 0.1) is 11.4 Å². The monoisotopic (exact) mass is 467 g/mol. The summed E-state index contributed by atoms with van der Waals surface area (Å²) in [5, 5.41) is 4.39. The number of halogens is 1. The highest BCUT2D eigenvalue weighted by Gasteiger charge is 2.16. The maximum atomic E-state index is 12.6. The van der Waals surface area contributed by atoms with Gasteiger partial charge in [-0.25, -0.2) is 9.97 Å². The van der Waals surface area contributed by atoms with Crippen molar-refractivity contribution < 1.29 is 4.79 Å². The molecule has 166 valence electrons. The second kappa shape index (κ2) is 11.5. The number of nitrogens with zero attached hydrogens (tertiary/aromatic N) is 3. The number of amides is 1. The summed E-state index contributed by atoms with van der Waals surface area (Å²) in [6.45, 7) is 6.59. The van der Waals surface area contributed by atoms with Crippen molar-refractivity contribution in [2.75, 3.05) is 6.54 Å². The summed E-state index contributed by atoms with van der Waals surface area (Å²) in [6.07, 6.45) is 5.40.